The second kappa shape index (κ2) is 5.60. The summed E-state index contributed by atoms with van der Waals surface area (Å²) in [6, 6.07) is 3.21. The molecule has 0 spiro atoms. The fraction of sp³-hybridized carbons (Fsp3) is 0.455. The molecule has 0 radical (unpaired) electrons. The smallest absolute Gasteiger partial charge is 0.356 e. The van der Waals surface area contributed by atoms with Gasteiger partial charge in [0, 0.05) is 11.3 Å². The minimum Gasteiger partial charge on any atom is -0.476 e. The molecule has 0 fully saturated rings. The van der Waals surface area contributed by atoms with Crippen LogP contribution in [0.5, 0.6) is 0 Å². The number of hydrogen-bond donors (Lipinski definition) is 2. The van der Waals surface area contributed by atoms with Crippen molar-refractivity contribution in [1.29, 1.82) is 0 Å². The third kappa shape index (κ3) is 4.09. The average molecular weight is 275 g/mol. The number of hydrogen-bond acceptors (Lipinski definition) is 4. The number of carboxylic acid groups (broad SMARTS) is 1. The summed E-state index contributed by atoms with van der Waals surface area (Å²) in [5.41, 5.74) is -0.126. The van der Waals surface area contributed by atoms with Gasteiger partial charge in [-0.1, -0.05) is 11.6 Å². The summed E-state index contributed by atoms with van der Waals surface area (Å²) in [5.74, 6) is -0.600. The second-order valence-electron chi connectivity index (χ2n) is 4.15. The monoisotopic (exact) mass is 274 g/mol. The van der Waals surface area contributed by atoms with Crippen molar-refractivity contribution in [2.75, 3.05) is 18.1 Å². The van der Waals surface area contributed by atoms with Crippen molar-refractivity contribution >= 4 is 35.1 Å². The van der Waals surface area contributed by atoms with Gasteiger partial charge >= 0.3 is 5.97 Å². The van der Waals surface area contributed by atoms with Gasteiger partial charge in [-0.3, -0.25) is 0 Å². The molecule has 0 saturated carbocycles. The molecule has 0 aliphatic rings. The first-order valence-corrected chi connectivity index (χ1v) is 6.65. The second-order valence-corrected chi connectivity index (χ2v) is 6.07. The van der Waals surface area contributed by atoms with E-state index in [-0.39, 0.29) is 15.5 Å². The topological polar surface area (TPSA) is 62.2 Å². The summed E-state index contributed by atoms with van der Waals surface area (Å²) in [5, 5.41) is 12.1. The molecule has 1 rings (SSSR count). The van der Waals surface area contributed by atoms with Crippen molar-refractivity contribution in [2.45, 2.75) is 18.6 Å². The first-order chi connectivity index (χ1) is 7.85. The number of nitrogens with zero attached hydrogens (tertiary/aromatic N) is 1. The molecule has 4 nitrogen and oxygen atoms in total. The SMILES string of the molecule is CSC(C)(C)CNc1ccc(Cl)c(C(=O)O)n1. The highest BCUT2D eigenvalue weighted by Crippen LogP contribution is 2.22. The minimum absolute atomic E-state index is 0.0602. The van der Waals surface area contributed by atoms with E-state index in [1.807, 2.05) is 6.26 Å². The van der Waals surface area contributed by atoms with Crippen LogP contribution in [-0.2, 0) is 0 Å². The zero-order valence-corrected chi connectivity index (χ0v) is 11.5. The fourth-order valence-electron chi connectivity index (χ4n) is 1.07. The third-order valence-corrected chi connectivity index (χ3v) is 3.85. The number of aromatic nitrogens is 1. The molecule has 1 aromatic rings. The maximum absolute atomic E-state index is 10.9. The van der Waals surface area contributed by atoms with E-state index in [0.717, 1.165) is 0 Å². The van der Waals surface area contributed by atoms with Gasteiger partial charge in [-0.05, 0) is 32.2 Å². The summed E-state index contributed by atoms with van der Waals surface area (Å²) >= 11 is 7.46. The standard InChI is InChI=1S/C11H15ClN2O2S/c1-11(2,17-3)6-13-8-5-4-7(12)9(14-8)10(15)16/h4-5H,6H2,1-3H3,(H,13,14)(H,15,16). The largest absolute Gasteiger partial charge is 0.476 e. The maximum Gasteiger partial charge on any atom is 0.356 e. The highest BCUT2D eigenvalue weighted by molar-refractivity contribution is 7.99. The number of carboxylic acids is 1. The highest BCUT2D eigenvalue weighted by Gasteiger charge is 2.16. The lowest BCUT2D eigenvalue weighted by molar-refractivity contribution is 0.0691. The van der Waals surface area contributed by atoms with Gasteiger partial charge in [0.05, 0.1) is 5.02 Å². The lowest BCUT2D eigenvalue weighted by Gasteiger charge is -2.22. The van der Waals surface area contributed by atoms with Crippen molar-refractivity contribution < 1.29 is 9.90 Å². The van der Waals surface area contributed by atoms with E-state index < -0.39 is 5.97 Å². The molecule has 0 aliphatic carbocycles. The molecule has 17 heavy (non-hydrogen) atoms. The Morgan fingerprint density at radius 2 is 2.24 bits per heavy atom. The van der Waals surface area contributed by atoms with Gasteiger partial charge in [-0.2, -0.15) is 11.8 Å². The summed E-state index contributed by atoms with van der Waals surface area (Å²) in [6.45, 7) is 4.89. The Hall–Kier alpha value is -0.940. The number of anilines is 1. The molecule has 1 heterocycles. The Bertz CT molecular complexity index is 424. The van der Waals surface area contributed by atoms with Gasteiger partial charge in [0.2, 0.25) is 0 Å². The van der Waals surface area contributed by atoms with Crippen LogP contribution in [0.4, 0.5) is 5.82 Å². The van der Waals surface area contributed by atoms with E-state index in [1.165, 1.54) is 6.07 Å². The van der Waals surface area contributed by atoms with E-state index >= 15 is 0 Å². The summed E-state index contributed by atoms with van der Waals surface area (Å²) in [6.07, 6.45) is 2.03. The lowest BCUT2D eigenvalue weighted by Crippen LogP contribution is -2.26. The van der Waals surface area contributed by atoms with Gasteiger partial charge < -0.3 is 10.4 Å². The molecule has 6 heteroatoms. The predicted molar refractivity (Wildman–Crippen MR) is 72.3 cm³/mol. The molecule has 94 valence electrons. The third-order valence-electron chi connectivity index (χ3n) is 2.30. The number of aromatic carboxylic acids is 1. The Labute approximate surface area is 110 Å². The molecule has 0 amide bonds. The zero-order valence-electron chi connectivity index (χ0n) is 9.95. The van der Waals surface area contributed by atoms with Crippen LogP contribution in [0.3, 0.4) is 0 Å². The molecule has 0 saturated heterocycles. The van der Waals surface area contributed by atoms with Gasteiger partial charge in [-0.25, -0.2) is 9.78 Å². The van der Waals surface area contributed by atoms with E-state index in [9.17, 15) is 4.79 Å². The molecule has 2 N–H and O–H groups in total. The van der Waals surface area contributed by atoms with Crippen LogP contribution in [0.1, 0.15) is 24.3 Å². The number of rotatable bonds is 5. The van der Waals surface area contributed by atoms with Crippen molar-refractivity contribution in [3.8, 4) is 0 Å². The fourth-order valence-corrected chi connectivity index (χ4v) is 1.47. The van der Waals surface area contributed by atoms with Crippen LogP contribution < -0.4 is 5.32 Å². The van der Waals surface area contributed by atoms with Gasteiger partial charge in [0.25, 0.3) is 0 Å². The van der Waals surface area contributed by atoms with Crippen molar-refractivity contribution in [3.63, 3.8) is 0 Å². The van der Waals surface area contributed by atoms with Crippen LogP contribution in [0.2, 0.25) is 5.02 Å². The molecule has 0 aromatic carbocycles. The maximum atomic E-state index is 10.9. The highest BCUT2D eigenvalue weighted by atomic mass is 35.5. The van der Waals surface area contributed by atoms with E-state index in [2.05, 4.69) is 24.1 Å². The Morgan fingerprint density at radius 3 is 2.76 bits per heavy atom. The number of halogens is 1. The number of nitrogens with one attached hydrogen (secondary N) is 1. The molecule has 0 atom stereocenters. The number of pyridine rings is 1. The zero-order chi connectivity index (χ0) is 13.1. The number of carbonyl (C=O) groups is 1. The summed E-state index contributed by atoms with van der Waals surface area (Å²) in [4.78, 5) is 14.8. The van der Waals surface area contributed by atoms with Crippen LogP contribution >= 0.6 is 23.4 Å². The average Bonchev–Trinajstić information content (AvgIpc) is 2.27. The van der Waals surface area contributed by atoms with Gasteiger partial charge in [0.15, 0.2) is 5.69 Å². The van der Waals surface area contributed by atoms with Crippen LogP contribution in [0.15, 0.2) is 12.1 Å². The van der Waals surface area contributed by atoms with Crippen LogP contribution in [-0.4, -0.2) is 33.6 Å². The Kier molecular flexibility index (Phi) is 4.65. The normalized spacial score (nSPS) is 11.3. The molecule has 0 unspecified atom stereocenters. The van der Waals surface area contributed by atoms with Crippen molar-refractivity contribution in [2.24, 2.45) is 0 Å². The molecule has 1 aromatic heterocycles. The molecule has 0 aliphatic heterocycles. The molecule has 0 bridgehead atoms. The van der Waals surface area contributed by atoms with E-state index in [4.69, 9.17) is 16.7 Å². The predicted octanol–water partition coefficient (Wildman–Crippen LogP) is 2.99. The lowest BCUT2D eigenvalue weighted by atomic mass is 10.2. The summed E-state index contributed by atoms with van der Waals surface area (Å²) in [7, 11) is 0. The van der Waals surface area contributed by atoms with Gasteiger partial charge in [0.1, 0.15) is 5.82 Å². The van der Waals surface area contributed by atoms with E-state index in [1.54, 1.807) is 17.8 Å². The molecular weight excluding hydrogens is 260 g/mol. The quantitative estimate of drug-likeness (QED) is 0.864. The minimum atomic E-state index is -1.12. The number of thioether (sulfide) groups is 1. The Morgan fingerprint density at radius 1 is 1.59 bits per heavy atom. The first-order valence-electron chi connectivity index (χ1n) is 5.04. The first kappa shape index (κ1) is 14.1. The van der Waals surface area contributed by atoms with Gasteiger partial charge in [-0.15, -0.1) is 0 Å². The van der Waals surface area contributed by atoms with Crippen molar-refractivity contribution in [1.82, 2.24) is 4.98 Å². The van der Waals surface area contributed by atoms with E-state index in [0.29, 0.717) is 12.4 Å². The van der Waals surface area contributed by atoms with Crippen LogP contribution in [0, 0.1) is 0 Å². The molecular formula is C11H15ClN2O2S. The Balaban J connectivity index is 2.80. The van der Waals surface area contributed by atoms with Crippen molar-refractivity contribution in [3.05, 3.63) is 22.8 Å². The summed E-state index contributed by atoms with van der Waals surface area (Å²) < 4.78 is 0.0602. The van der Waals surface area contributed by atoms with Crippen LogP contribution in [0.25, 0.3) is 0 Å².